The topological polar surface area (TPSA) is 3.24 Å². The average molecular weight is 400 g/mol. The van der Waals surface area contributed by atoms with E-state index < -0.39 is 0 Å². The van der Waals surface area contributed by atoms with Crippen LogP contribution in [-0.4, -0.2) is 12.1 Å². The van der Waals surface area contributed by atoms with Crippen molar-refractivity contribution in [2.45, 2.75) is 77.7 Å². The van der Waals surface area contributed by atoms with Crippen molar-refractivity contribution in [3.8, 4) is 0 Å². The van der Waals surface area contributed by atoms with E-state index in [2.05, 4.69) is 114 Å². The molecule has 0 radical (unpaired) electrons. The molecule has 30 heavy (non-hydrogen) atoms. The first-order valence-electron chi connectivity index (χ1n) is 11.5. The second-order valence-electron chi connectivity index (χ2n) is 10.8. The van der Waals surface area contributed by atoms with Crippen molar-refractivity contribution in [3.05, 3.63) is 77.4 Å². The van der Waals surface area contributed by atoms with Gasteiger partial charge in [-0.05, 0) is 59.6 Å². The number of rotatable bonds is 4. The number of hydrogen-bond acceptors (Lipinski definition) is 1. The van der Waals surface area contributed by atoms with Gasteiger partial charge in [0.05, 0.1) is 0 Å². The fraction of sp³-hybridized carbons (Fsp3) is 0.448. The number of fused-ring (bicyclic) bond motifs is 1. The van der Waals surface area contributed by atoms with Gasteiger partial charge in [0.1, 0.15) is 0 Å². The van der Waals surface area contributed by atoms with E-state index in [1.807, 2.05) is 0 Å². The van der Waals surface area contributed by atoms with Crippen molar-refractivity contribution in [1.82, 2.24) is 0 Å². The van der Waals surface area contributed by atoms with Gasteiger partial charge in [-0.15, -0.1) is 0 Å². The fourth-order valence-corrected chi connectivity index (χ4v) is 5.63. The maximum Gasteiger partial charge on any atom is 0.0441 e. The van der Waals surface area contributed by atoms with Crippen LogP contribution in [0.2, 0.25) is 0 Å². The first-order chi connectivity index (χ1) is 14.1. The van der Waals surface area contributed by atoms with Crippen LogP contribution in [0.5, 0.6) is 0 Å². The maximum atomic E-state index is 2.73. The molecule has 1 aliphatic heterocycles. The van der Waals surface area contributed by atoms with Gasteiger partial charge in [0, 0.05) is 23.2 Å². The Balaban J connectivity index is 1.82. The summed E-state index contributed by atoms with van der Waals surface area (Å²) in [7, 11) is 0. The van der Waals surface area contributed by atoms with Gasteiger partial charge in [0.15, 0.2) is 0 Å². The molecule has 1 heterocycles. The lowest BCUT2D eigenvalue weighted by molar-refractivity contribution is 0.444. The van der Waals surface area contributed by atoms with Crippen LogP contribution >= 0.6 is 0 Å². The Morgan fingerprint density at radius 2 is 1.33 bits per heavy atom. The van der Waals surface area contributed by atoms with Gasteiger partial charge in [0.2, 0.25) is 0 Å². The summed E-state index contributed by atoms with van der Waals surface area (Å²) < 4.78 is 0. The van der Waals surface area contributed by atoms with Crippen LogP contribution in [0.1, 0.15) is 83.4 Å². The van der Waals surface area contributed by atoms with Crippen molar-refractivity contribution in [3.63, 3.8) is 0 Å². The summed E-state index contributed by atoms with van der Waals surface area (Å²) in [6.07, 6.45) is 1.16. The summed E-state index contributed by atoms with van der Waals surface area (Å²) in [4.78, 5) is 2.73. The van der Waals surface area contributed by atoms with E-state index in [1.165, 1.54) is 33.2 Å². The number of benzene rings is 3. The van der Waals surface area contributed by atoms with Gasteiger partial charge in [-0.25, -0.2) is 0 Å². The Morgan fingerprint density at radius 1 is 0.733 bits per heavy atom. The highest BCUT2D eigenvalue weighted by molar-refractivity contribution is 5.83. The highest BCUT2D eigenvalue weighted by atomic mass is 15.2. The normalized spacial score (nSPS) is 21.2. The Labute approximate surface area is 183 Å². The molecule has 1 heteroatoms. The number of hydrogen-bond donors (Lipinski definition) is 0. The molecule has 1 atom stereocenters. The second-order valence-corrected chi connectivity index (χ2v) is 10.8. The lowest BCUT2D eigenvalue weighted by atomic mass is 9.77. The summed E-state index contributed by atoms with van der Waals surface area (Å²) in [5, 5.41) is 2.67. The van der Waals surface area contributed by atoms with E-state index in [9.17, 15) is 0 Å². The molecule has 1 fully saturated rings. The van der Waals surface area contributed by atoms with Gasteiger partial charge < -0.3 is 4.90 Å². The molecule has 0 aromatic heterocycles. The molecule has 0 spiro atoms. The molecule has 3 aromatic rings. The molecule has 1 aliphatic rings. The Bertz CT molecular complexity index is 1030. The molecule has 1 unspecified atom stereocenters. The van der Waals surface area contributed by atoms with Crippen molar-refractivity contribution < 1.29 is 0 Å². The minimum Gasteiger partial charge on any atom is -0.365 e. The maximum absolute atomic E-state index is 2.73. The first kappa shape index (κ1) is 21.0. The Morgan fingerprint density at radius 3 is 1.93 bits per heavy atom. The van der Waals surface area contributed by atoms with Crippen molar-refractivity contribution >= 4 is 16.5 Å². The van der Waals surface area contributed by atoms with Crippen LogP contribution in [-0.2, 0) is 5.41 Å². The first-order valence-corrected chi connectivity index (χ1v) is 11.5. The van der Waals surface area contributed by atoms with Crippen LogP contribution < -0.4 is 4.90 Å². The molecule has 158 valence electrons. The third-order valence-electron chi connectivity index (χ3n) is 7.12. The van der Waals surface area contributed by atoms with Gasteiger partial charge in [-0.1, -0.05) is 95.3 Å². The fourth-order valence-electron chi connectivity index (χ4n) is 5.63. The minimum atomic E-state index is 0.106. The van der Waals surface area contributed by atoms with E-state index in [0.29, 0.717) is 11.8 Å². The van der Waals surface area contributed by atoms with Crippen LogP contribution in [0.3, 0.4) is 0 Å². The van der Waals surface area contributed by atoms with Gasteiger partial charge >= 0.3 is 0 Å². The molecule has 0 bridgehead atoms. The van der Waals surface area contributed by atoms with E-state index in [4.69, 9.17) is 0 Å². The largest absolute Gasteiger partial charge is 0.365 e. The average Bonchev–Trinajstić information content (AvgIpc) is 2.96. The summed E-state index contributed by atoms with van der Waals surface area (Å²) in [5.41, 5.74) is 6.15. The minimum absolute atomic E-state index is 0.106. The highest BCUT2D eigenvalue weighted by Crippen LogP contribution is 2.49. The summed E-state index contributed by atoms with van der Waals surface area (Å²) in [6.45, 7) is 17.7. The van der Waals surface area contributed by atoms with Gasteiger partial charge in [-0.3, -0.25) is 0 Å². The Kier molecular flexibility index (Phi) is 5.21. The zero-order chi connectivity index (χ0) is 21.7. The predicted molar refractivity (Wildman–Crippen MR) is 132 cm³/mol. The third-order valence-corrected chi connectivity index (χ3v) is 7.12. The second kappa shape index (κ2) is 7.45. The lowest BCUT2D eigenvalue weighted by Crippen LogP contribution is -2.39. The quantitative estimate of drug-likeness (QED) is 0.429. The van der Waals surface area contributed by atoms with Gasteiger partial charge in [0.25, 0.3) is 0 Å². The van der Waals surface area contributed by atoms with Crippen LogP contribution in [0.4, 0.5) is 5.69 Å². The summed E-state index contributed by atoms with van der Waals surface area (Å²) in [6, 6.07) is 22.7. The van der Waals surface area contributed by atoms with Crippen molar-refractivity contribution in [2.75, 3.05) is 11.4 Å². The molecule has 3 aromatic carbocycles. The van der Waals surface area contributed by atoms with Crippen LogP contribution in [0.15, 0.2) is 60.7 Å². The van der Waals surface area contributed by atoms with Crippen LogP contribution in [0, 0.1) is 0 Å². The Hall–Kier alpha value is -2.28. The van der Waals surface area contributed by atoms with E-state index in [0.717, 1.165) is 13.0 Å². The van der Waals surface area contributed by atoms with Crippen LogP contribution in [0.25, 0.3) is 10.8 Å². The third kappa shape index (κ3) is 3.53. The number of nitrogens with zero attached hydrogens (tertiary/aromatic N) is 1. The molecule has 0 N–H and O–H groups in total. The number of anilines is 1. The van der Waals surface area contributed by atoms with E-state index in [1.54, 1.807) is 0 Å². The monoisotopic (exact) mass is 399 g/mol. The predicted octanol–water partition coefficient (Wildman–Crippen LogP) is 8.03. The van der Waals surface area contributed by atoms with E-state index in [-0.39, 0.29) is 11.0 Å². The molecule has 1 nitrogen and oxygen atoms in total. The summed E-state index contributed by atoms with van der Waals surface area (Å²) >= 11 is 0. The van der Waals surface area contributed by atoms with E-state index >= 15 is 0 Å². The summed E-state index contributed by atoms with van der Waals surface area (Å²) in [5.74, 6) is 1.03. The van der Waals surface area contributed by atoms with Crippen molar-refractivity contribution in [2.24, 2.45) is 0 Å². The molecule has 0 saturated carbocycles. The molecule has 0 amide bonds. The SMILES string of the molecule is CC(C)c1cccc(C(C)C)c1N1CC(C)(c2ccc3ccccc3c2)CC1(C)C. The molecular weight excluding hydrogens is 362 g/mol. The molecule has 1 saturated heterocycles. The highest BCUT2D eigenvalue weighted by Gasteiger charge is 2.47. The zero-order valence-corrected chi connectivity index (χ0v) is 19.8. The standard InChI is InChI=1S/C29H37N/c1-20(2)25-13-10-14-26(21(3)4)27(25)30-19-29(7,18-28(30,5)6)24-16-15-22-11-8-9-12-23(22)17-24/h8-17,20-21H,18-19H2,1-7H3. The lowest BCUT2D eigenvalue weighted by Gasteiger charge is -2.38. The number of para-hydroxylation sites is 1. The molecule has 0 aliphatic carbocycles. The molecule has 4 rings (SSSR count). The van der Waals surface area contributed by atoms with Gasteiger partial charge in [-0.2, -0.15) is 0 Å². The smallest absolute Gasteiger partial charge is 0.0441 e. The van der Waals surface area contributed by atoms with Crippen molar-refractivity contribution in [1.29, 1.82) is 0 Å². The molecular formula is C29H37N. The zero-order valence-electron chi connectivity index (χ0n) is 19.8.